The summed E-state index contributed by atoms with van der Waals surface area (Å²) in [6.07, 6.45) is 5.09. The monoisotopic (exact) mass is 278 g/mol. The molecular formula is C16H19FO3. The van der Waals surface area contributed by atoms with E-state index >= 15 is 0 Å². The first-order chi connectivity index (χ1) is 9.63. The van der Waals surface area contributed by atoms with E-state index < -0.39 is 17.2 Å². The summed E-state index contributed by atoms with van der Waals surface area (Å²) in [7, 11) is 0. The zero-order valence-corrected chi connectivity index (χ0v) is 11.4. The molecule has 0 amide bonds. The second-order valence-corrected chi connectivity index (χ2v) is 5.97. The SMILES string of the molecule is O=C(O)C1(c2cccc(F)c2OCC2CC2)CCCC1. The number of hydrogen-bond donors (Lipinski definition) is 1. The quantitative estimate of drug-likeness (QED) is 0.896. The molecule has 0 aliphatic heterocycles. The van der Waals surface area contributed by atoms with Gasteiger partial charge in [-0.05, 0) is 37.7 Å². The number of carboxylic acid groups (broad SMARTS) is 1. The molecule has 0 unspecified atom stereocenters. The van der Waals surface area contributed by atoms with Gasteiger partial charge in [0, 0.05) is 5.56 Å². The van der Waals surface area contributed by atoms with E-state index in [0.717, 1.165) is 25.7 Å². The molecule has 0 bridgehead atoms. The highest BCUT2D eigenvalue weighted by Gasteiger charge is 2.45. The maximum Gasteiger partial charge on any atom is 0.314 e. The molecule has 0 aromatic heterocycles. The maximum absolute atomic E-state index is 14.1. The van der Waals surface area contributed by atoms with Crippen LogP contribution >= 0.6 is 0 Å². The van der Waals surface area contributed by atoms with Crippen molar-refractivity contribution < 1.29 is 19.0 Å². The number of halogens is 1. The smallest absolute Gasteiger partial charge is 0.314 e. The van der Waals surface area contributed by atoms with Gasteiger partial charge in [-0.15, -0.1) is 0 Å². The van der Waals surface area contributed by atoms with Crippen molar-refractivity contribution in [1.29, 1.82) is 0 Å². The lowest BCUT2D eigenvalue weighted by atomic mass is 9.78. The molecule has 3 nitrogen and oxygen atoms in total. The van der Waals surface area contributed by atoms with Crippen LogP contribution in [0.5, 0.6) is 5.75 Å². The van der Waals surface area contributed by atoms with Crippen molar-refractivity contribution in [3.8, 4) is 5.75 Å². The number of para-hydroxylation sites is 1. The van der Waals surface area contributed by atoms with Crippen molar-refractivity contribution in [2.75, 3.05) is 6.61 Å². The highest BCUT2D eigenvalue weighted by atomic mass is 19.1. The minimum Gasteiger partial charge on any atom is -0.490 e. The van der Waals surface area contributed by atoms with Gasteiger partial charge in [0.05, 0.1) is 12.0 Å². The van der Waals surface area contributed by atoms with E-state index in [-0.39, 0.29) is 5.75 Å². The molecule has 0 atom stereocenters. The molecule has 0 spiro atoms. The minimum atomic E-state index is -0.971. The van der Waals surface area contributed by atoms with Crippen molar-refractivity contribution >= 4 is 5.97 Å². The van der Waals surface area contributed by atoms with Gasteiger partial charge >= 0.3 is 5.97 Å². The van der Waals surface area contributed by atoms with Crippen molar-refractivity contribution in [2.45, 2.75) is 43.9 Å². The molecular weight excluding hydrogens is 259 g/mol. The summed E-state index contributed by atoms with van der Waals surface area (Å²) in [5, 5.41) is 9.64. The van der Waals surface area contributed by atoms with Gasteiger partial charge in [0.2, 0.25) is 0 Å². The summed E-state index contributed by atoms with van der Waals surface area (Å²) in [6.45, 7) is 0.490. The van der Waals surface area contributed by atoms with E-state index in [4.69, 9.17) is 4.74 Å². The average Bonchev–Trinajstić information content (AvgIpc) is 3.11. The van der Waals surface area contributed by atoms with Gasteiger partial charge in [0.25, 0.3) is 0 Å². The van der Waals surface area contributed by atoms with E-state index in [1.807, 2.05) is 0 Å². The summed E-state index contributed by atoms with van der Waals surface area (Å²) in [6, 6.07) is 4.64. The molecule has 20 heavy (non-hydrogen) atoms. The minimum absolute atomic E-state index is 0.156. The normalized spacial score (nSPS) is 20.9. The Hall–Kier alpha value is -1.58. The summed E-state index contributed by atoms with van der Waals surface area (Å²) in [5.74, 6) is -0.650. The molecule has 0 heterocycles. The predicted octanol–water partition coefficient (Wildman–Crippen LogP) is 3.51. The van der Waals surface area contributed by atoms with Gasteiger partial charge in [-0.2, -0.15) is 0 Å². The first-order valence-corrected chi connectivity index (χ1v) is 7.29. The molecule has 2 aliphatic carbocycles. The van der Waals surface area contributed by atoms with Crippen LogP contribution < -0.4 is 4.74 Å². The summed E-state index contributed by atoms with van der Waals surface area (Å²) >= 11 is 0. The van der Waals surface area contributed by atoms with Gasteiger partial charge in [0.15, 0.2) is 11.6 Å². The number of benzene rings is 1. The van der Waals surface area contributed by atoms with Crippen LogP contribution in [0.15, 0.2) is 18.2 Å². The first kappa shape index (κ1) is 13.4. The Morgan fingerprint density at radius 1 is 1.35 bits per heavy atom. The van der Waals surface area contributed by atoms with E-state index in [1.54, 1.807) is 12.1 Å². The number of aliphatic carboxylic acids is 1. The topological polar surface area (TPSA) is 46.5 Å². The van der Waals surface area contributed by atoms with E-state index in [2.05, 4.69) is 0 Å². The Morgan fingerprint density at radius 2 is 2.05 bits per heavy atom. The second-order valence-electron chi connectivity index (χ2n) is 5.97. The van der Waals surface area contributed by atoms with Crippen LogP contribution in [0.25, 0.3) is 0 Å². The second kappa shape index (κ2) is 5.08. The van der Waals surface area contributed by atoms with Crippen LogP contribution in [0.3, 0.4) is 0 Å². The largest absolute Gasteiger partial charge is 0.490 e. The molecule has 108 valence electrons. The molecule has 2 aliphatic rings. The number of ether oxygens (including phenoxy) is 1. The van der Waals surface area contributed by atoms with Crippen LogP contribution in [-0.4, -0.2) is 17.7 Å². The van der Waals surface area contributed by atoms with E-state index in [1.165, 1.54) is 6.07 Å². The maximum atomic E-state index is 14.1. The number of rotatable bonds is 5. The number of carbonyl (C=O) groups is 1. The van der Waals surface area contributed by atoms with Crippen molar-refractivity contribution in [3.05, 3.63) is 29.6 Å². The zero-order chi connectivity index (χ0) is 14.2. The van der Waals surface area contributed by atoms with Crippen molar-refractivity contribution in [2.24, 2.45) is 5.92 Å². The van der Waals surface area contributed by atoms with E-state index in [0.29, 0.717) is 30.9 Å². The molecule has 2 fully saturated rings. The lowest BCUT2D eigenvalue weighted by Gasteiger charge is -2.27. The van der Waals surface area contributed by atoms with Crippen molar-refractivity contribution in [1.82, 2.24) is 0 Å². The molecule has 2 saturated carbocycles. The molecule has 3 rings (SSSR count). The van der Waals surface area contributed by atoms with Crippen LogP contribution in [0.4, 0.5) is 4.39 Å². The van der Waals surface area contributed by atoms with Gasteiger partial charge < -0.3 is 9.84 Å². The van der Waals surface area contributed by atoms with Crippen LogP contribution in [0.2, 0.25) is 0 Å². The Balaban J connectivity index is 1.97. The molecule has 1 N–H and O–H groups in total. The Labute approximate surface area is 117 Å². The standard InChI is InChI=1S/C16H19FO3/c17-13-5-3-4-12(14(13)20-10-11-6-7-11)16(15(18)19)8-1-2-9-16/h3-5,11H,1-2,6-10H2,(H,18,19). The van der Waals surface area contributed by atoms with Gasteiger partial charge in [-0.3, -0.25) is 4.79 Å². The molecule has 0 radical (unpaired) electrons. The molecule has 4 heteroatoms. The third-order valence-electron chi connectivity index (χ3n) is 4.51. The summed E-state index contributed by atoms with van der Waals surface area (Å²) in [4.78, 5) is 11.8. The summed E-state index contributed by atoms with van der Waals surface area (Å²) < 4.78 is 19.7. The fourth-order valence-corrected chi connectivity index (χ4v) is 3.10. The van der Waals surface area contributed by atoms with Crippen LogP contribution in [-0.2, 0) is 10.2 Å². The van der Waals surface area contributed by atoms with Gasteiger partial charge in [-0.25, -0.2) is 4.39 Å². The number of carboxylic acids is 1. The highest BCUT2D eigenvalue weighted by Crippen LogP contribution is 2.46. The lowest BCUT2D eigenvalue weighted by molar-refractivity contribution is -0.143. The fraction of sp³-hybridized carbons (Fsp3) is 0.562. The zero-order valence-electron chi connectivity index (χ0n) is 11.4. The first-order valence-electron chi connectivity index (χ1n) is 7.29. The van der Waals surface area contributed by atoms with Gasteiger partial charge in [0.1, 0.15) is 0 Å². The van der Waals surface area contributed by atoms with E-state index in [9.17, 15) is 14.3 Å². The molecule has 0 saturated heterocycles. The Kier molecular flexibility index (Phi) is 3.40. The third-order valence-corrected chi connectivity index (χ3v) is 4.51. The number of hydrogen-bond acceptors (Lipinski definition) is 2. The van der Waals surface area contributed by atoms with Crippen LogP contribution in [0, 0.1) is 11.7 Å². The van der Waals surface area contributed by atoms with Crippen molar-refractivity contribution in [3.63, 3.8) is 0 Å². The average molecular weight is 278 g/mol. The van der Waals surface area contributed by atoms with Crippen LogP contribution in [0.1, 0.15) is 44.1 Å². The Bertz CT molecular complexity index is 516. The lowest BCUT2D eigenvalue weighted by Crippen LogP contribution is -2.33. The molecule has 1 aromatic rings. The molecule has 1 aromatic carbocycles. The summed E-state index contributed by atoms with van der Waals surface area (Å²) in [5.41, 5.74) is -0.454. The Morgan fingerprint density at radius 3 is 2.65 bits per heavy atom. The predicted molar refractivity (Wildman–Crippen MR) is 72.4 cm³/mol. The third kappa shape index (κ3) is 2.28. The highest BCUT2D eigenvalue weighted by molar-refractivity contribution is 5.83. The fourth-order valence-electron chi connectivity index (χ4n) is 3.10. The van der Waals surface area contributed by atoms with Gasteiger partial charge in [-0.1, -0.05) is 25.0 Å².